The van der Waals surface area contributed by atoms with Gasteiger partial charge in [-0.2, -0.15) is 11.3 Å². The van der Waals surface area contributed by atoms with E-state index in [0.29, 0.717) is 31.8 Å². The minimum Gasteiger partial charge on any atom is -0.459 e. The molecule has 3 rings (SSSR count). The van der Waals surface area contributed by atoms with Gasteiger partial charge in [-0.3, -0.25) is 4.79 Å². The minimum atomic E-state index is -0.465. The normalized spacial score (nSPS) is 19.0. The Morgan fingerprint density at radius 1 is 1.29 bits per heavy atom. The Hall–Kier alpha value is -1.42. The van der Waals surface area contributed by atoms with Crippen molar-refractivity contribution in [3.05, 3.63) is 67.6 Å². The molecule has 1 aliphatic heterocycles. The van der Waals surface area contributed by atoms with E-state index < -0.39 is 6.29 Å². The molecule has 0 bridgehead atoms. The number of aliphatic hydroxyl groups excluding tert-OH is 1. The Morgan fingerprint density at radius 2 is 2.11 bits per heavy atom. The number of hydrogen-bond acceptors (Lipinski definition) is 5. The Bertz CT molecular complexity index is 776. The lowest BCUT2D eigenvalue weighted by Gasteiger charge is -2.29. The lowest BCUT2D eigenvalue weighted by molar-refractivity contribution is -0.146. The molecule has 0 unspecified atom stereocenters. The average Bonchev–Trinajstić information content (AvgIpc) is 3.25. The van der Waals surface area contributed by atoms with E-state index in [1.54, 1.807) is 11.3 Å². The molecule has 1 aromatic carbocycles. The number of halogens is 1. The number of hydrogen-bond donors (Lipinski definition) is 2. The lowest BCUT2D eigenvalue weighted by Crippen LogP contribution is -2.32. The van der Waals surface area contributed by atoms with Crippen molar-refractivity contribution in [3.8, 4) is 0 Å². The summed E-state index contributed by atoms with van der Waals surface area (Å²) in [7, 11) is 0. The van der Waals surface area contributed by atoms with Crippen LogP contribution in [0.5, 0.6) is 0 Å². The molecule has 28 heavy (non-hydrogen) atoms. The minimum absolute atomic E-state index is 0.0851. The smallest absolute Gasteiger partial charge is 0.286 e. The van der Waals surface area contributed by atoms with E-state index in [9.17, 15) is 4.79 Å². The first-order valence-electron chi connectivity index (χ1n) is 9.31. The van der Waals surface area contributed by atoms with Gasteiger partial charge in [0.1, 0.15) is 0 Å². The third kappa shape index (κ3) is 6.30. The summed E-state index contributed by atoms with van der Waals surface area (Å²) in [6.07, 6.45) is 3.55. The van der Waals surface area contributed by atoms with Gasteiger partial charge in [0.25, 0.3) is 5.91 Å². The lowest BCUT2D eigenvalue weighted by atomic mass is 9.95. The molecule has 2 aromatic rings. The summed E-state index contributed by atoms with van der Waals surface area (Å²) in [6.45, 7) is 1.10. The molecule has 2 N–H and O–H groups in total. The van der Waals surface area contributed by atoms with Gasteiger partial charge in [0.2, 0.25) is 6.29 Å². The monoisotopic (exact) mass is 513 g/mol. The summed E-state index contributed by atoms with van der Waals surface area (Å²) >= 11 is 3.89. The quantitative estimate of drug-likeness (QED) is 0.390. The molecular weight excluding hydrogens is 489 g/mol. The zero-order chi connectivity index (χ0) is 19.8. The average molecular weight is 513 g/mol. The predicted molar refractivity (Wildman–Crippen MR) is 118 cm³/mol. The van der Waals surface area contributed by atoms with Crippen LogP contribution >= 0.6 is 33.9 Å². The third-order valence-electron chi connectivity index (χ3n) is 4.48. The number of nitrogens with one attached hydrogen (secondary N) is 1. The van der Waals surface area contributed by atoms with E-state index in [4.69, 9.17) is 14.6 Å². The highest BCUT2D eigenvalue weighted by atomic mass is 127. The maximum Gasteiger partial charge on any atom is 0.286 e. The van der Waals surface area contributed by atoms with Crippen LogP contribution in [0.4, 0.5) is 0 Å². The van der Waals surface area contributed by atoms with E-state index in [2.05, 4.69) is 39.4 Å². The maximum atomic E-state index is 12.7. The summed E-state index contributed by atoms with van der Waals surface area (Å²) in [5.41, 5.74) is 2.21. The molecule has 1 aliphatic rings. The van der Waals surface area contributed by atoms with Crippen molar-refractivity contribution < 1.29 is 19.4 Å². The topological polar surface area (TPSA) is 67.8 Å². The van der Waals surface area contributed by atoms with Gasteiger partial charge < -0.3 is 19.9 Å². The van der Waals surface area contributed by atoms with Crippen LogP contribution in [0.2, 0.25) is 0 Å². The summed E-state index contributed by atoms with van der Waals surface area (Å²) < 4.78 is 12.8. The molecule has 0 fully saturated rings. The highest BCUT2D eigenvalue weighted by Crippen LogP contribution is 2.32. The van der Waals surface area contributed by atoms with Crippen LogP contribution in [0.25, 0.3) is 0 Å². The first-order valence-corrected chi connectivity index (χ1v) is 11.3. The van der Waals surface area contributed by atoms with Gasteiger partial charge in [-0.05, 0) is 81.6 Å². The van der Waals surface area contributed by atoms with Crippen molar-refractivity contribution in [2.45, 2.75) is 38.0 Å². The number of aliphatic hydroxyl groups is 1. The summed E-state index contributed by atoms with van der Waals surface area (Å²) in [6, 6.07) is 10.1. The molecule has 2 atom stereocenters. The van der Waals surface area contributed by atoms with Crippen molar-refractivity contribution in [1.29, 1.82) is 0 Å². The van der Waals surface area contributed by atoms with Gasteiger partial charge in [0.05, 0.1) is 6.61 Å². The predicted octanol–water partition coefficient (Wildman–Crippen LogP) is 4.17. The van der Waals surface area contributed by atoms with Crippen molar-refractivity contribution in [1.82, 2.24) is 5.32 Å². The van der Waals surface area contributed by atoms with Crippen molar-refractivity contribution in [2.75, 3.05) is 13.2 Å². The first-order chi connectivity index (χ1) is 13.7. The standard InChI is InChI=1S/C21H24INO4S/c22-18-5-3-15(4-6-18)13-23-21(25)19-11-17(16-7-10-28-14-16)12-20(27-19)26-9-2-1-8-24/h3-7,10-11,14,17,20,24H,1-2,8-9,12-13H2,(H,23,25)/t17-,20+/m1/s1. The second-order valence-electron chi connectivity index (χ2n) is 6.59. The number of benzene rings is 1. The number of unbranched alkanes of at least 4 members (excludes halogenated alkanes) is 1. The van der Waals surface area contributed by atoms with Gasteiger partial charge in [-0.25, -0.2) is 0 Å². The summed E-state index contributed by atoms with van der Waals surface area (Å²) in [4.78, 5) is 12.7. The van der Waals surface area contributed by atoms with Gasteiger partial charge in [-0.15, -0.1) is 0 Å². The number of allylic oxidation sites excluding steroid dienone is 1. The summed E-state index contributed by atoms with van der Waals surface area (Å²) in [5, 5.41) is 16.0. The van der Waals surface area contributed by atoms with Crippen LogP contribution < -0.4 is 5.32 Å². The van der Waals surface area contributed by atoms with E-state index in [-0.39, 0.29) is 18.4 Å². The maximum absolute atomic E-state index is 12.7. The number of carbonyl (C=O) groups excluding carboxylic acids is 1. The molecule has 150 valence electrons. The summed E-state index contributed by atoms with van der Waals surface area (Å²) in [5.74, 6) is 0.157. The highest BCUT2D eigenvalue weighted by molar-refractivity contribution is 14.1. The SMILES string of the molecule is O=C(NCc1ccc(I)cc1)C1=C[C@@H](c2ccsc2)C[C@@H](OCCCCO)O1. The van der Waals surface area contributed by atoms with Crippen molar-refractivity contribution in [2.24, 2.45) is 0 Å². The van der Waals surface area contributed by atoms with Crippen LogP contribution in [-0.4, -0.2) is 30.5 Å². The van der Waals surface area contributed by atoms with Gasteiger partial charge in [-0.1, -0.05) is 12.1 Å². The molecule has 0 aliphatic carbocycles. The molecule has 0 radical (unpaired) electrons. The van der Waals surface area contributed by atoms with Gasteiger partial charge in [0, 0.05) is 29.1 Å². The zero-order valence-electron chi connectivity index (χ0n) is 15.5. The molecular formula is C21H24INO4S. The zero-order valence-corrected chi connectivity index (χ0v) is 18.4. The van der Waals surface area contributed by atoms with Gasteiger partial charge in [0.15, 0.2) is 5.76 Å². The van der Waals surface area contributed by atoms with Crippen LogP contribution in [0, 0.1) is 3.57 Å². The van der Waals surface area contributed by atoms with E-state index in [1.165, 1.54) is 5.56 Å². The molecule has 1 amide bonds. The van der Waals surface area contributed by atoms with E-state index in [1.807, 2.05) is 35.7 Å². The number of thiophene rings is 1. The van der Waals surface area contributed by atoms with Crippen molar-refractivity contribution >= 4 is 39.8 Å². The first kappa shape index (κ1) is 21.3. The number of ether oxygens (including phenoxy) is 2. The Kier molecular flexibility index (Phi) is 8.32. The van der Waals surface area contributed by atoms with E-state index >= 15 is 0 Å². The second-order valence-corrected chi connectivity index (χ2v) is 8.61. The molecule has 2 heterocycles. The van der Waals surface area contributed by atoms with Crippen LogP contribution in [-0.2, 0) is 20.8 Å². The fourth-order valence-electron chi connectivity index (χ4n) is 2.94. The van der Waals surface area contributed by atoms with E-state index in [0.717, 1.165) is 15.6 Å². The van der Waals surface area contributed by atoms with Gasteiger partial charge >= 0.3 is 0 Å². The number of rotatable bonds is 9. The van der Waals surface area contributed by atoms with Crippen LogP contribution in [0.15, 0.2) is 52.9 Å². The molecule has 0 spiro atoms. The molecule has 0 saturated heterocycles. The molecule has 0 saturated carbocycles. The fraction of sp³-hybridized carbons (Fsp3) is 0.381. The van der Waals surface area contributed by atoms with Crippen molar-refractivity contribution in [3.63, 3.8) is 0 Å². The third-order valence-corrected chi connectivity index (χ3v) is 5.90. The Morgan fingerprint density at radius 3 is 2.82 bits per heavy atom. The largest absolute Gasteiger partial charge is 0.459 e. The molecule has 1 aromatic heterocycles. The fourth-order valence-corrected chi connectivity index (χ4v) is 4.02. The number of amides is 1. The molecule has 7 heteroatoms. The second kappa shape index (κ2) is 10.9. The molecule has 5 nitrogen and oxygen atoms in total. The number of carbonyl (C=O) groups is 1. The Balaban J connectivity index is 1.63. The van der Waals surface area contributed by atoms with Crippen LogP contribution in [0.1, 0.15) is 36.3 Å². The highest BCUT2D eigenvalue weighted by Gasteiger charge is 2.28. The Labute approximate surface area is 182 Å². The van der Waals surface area contributed by atoms with Crippen LogP contribution in [0.3, 0.4) is 0 Å².